The number of aryl methyl sites for hydroxylation is 2. The number of rotatable bonds is 7. The highest BCUT2D eigenvalue weighted by Gasteiger charge is 2.17. The van der Waals surface area contributed by atoms with Crippen LogP contribution in [-0.4, -0.2) is 23.6 Å². The molecule has 0 fully saturated rings. The molecular weight excluding hydrogens is 262 g/mol. The molecule has 21 heavy (non-hydrogen) atoms. The van der Waals surface area contributed by atoms with Crippen LogP contribution in [0.2, 0.25) is 0 Å². The van der Waals surface area contributed by atoms with Gasteiger partial charge in [-0.2, -0.15) is 0 Å². The normalized spacial score (nSPS) is 12.1. The molecule has 0 radical (unpaired) electrons. The van der Waals surface area contributed by atoms with Crippen LogP contribution in [0.15, 0.2) is 36.7 Å². The van der Waals surface area contributed by atoms with Crippen molar-refractivity contribution in [1.82, 2.24) is 15.3 Å². The summed E-state index contributed by atoms with van der Waals surface area (Å²) in [5.41, 5.74) is 3.53. The van der Waals surface area contributed by atoms with E-state index in [0.717, 1.165) is 25.1 Å². The zero-order valence-corrected chi connectivity index (χ0v) is 13.0. The summed E-state index contributed by atoms with van der Waals surface area (Å²) in [6.07, 6.45) is 5.34. The van der Waals surface area contributed by atoms with Crippen LogP contribution in [0.25, 0.3) is 0 Å². The molecule has 2 aromatic rings. The van der Waals surface area contributed by atoms with Gasteiger partial charge in [0.2, 0.25) is 5.88 Å². The lowest BCUT2D eigenvalue weighted by Crippen LogP contribution is -2.23. The highest BCUT2D eigenvalue weighted by atomic mass is 16.5. The number of benzene rings is 1. The number of methoxy groups -OCH3 is 1. The molecular formula is C17H23N3O. The van der Waals surface area contributed by atoms with E-state index in [0.29, 0.717) is 5.88 Å². The lowest BCUT2D eigenvalue weighted by molar-refractivity contribution is 0.374. The quantitative estimate of drug-likeness (QED) is 0.849. The second kappa shape index (κ2) is 7.74. The minimum absolute atomic E-state index is 0.152. The van der Waals surface area contributed by atoms with Crippen molar-refractivity contribution in [2.75, 3.05) is 13.7 Å². The van der Waals surface area contributed by atoms with Gasteiger partial charge >= 0.3 is 0 Å². The van der Waals surface area contributed by atoms with Crippen LogP contribution in [0.3, 0.4) is 0 Å². The van der Waals surface area contributed by atoms with Gasteiger partial charge in [-0.3, -0.25) is 4.98 Å². The van der Waals surface area contributed by atoms with Gasteiger partial charge in [-0.25, -0.2) is 4.98 Å². The Morgan fingerprint density at radius 3 is 2.76 bits per heavy atom. The fourth-order valence-corrected chi connectivity index (χ4v) is 2.49. The molecule has 2 rings (SSSR count). The molecule has 0 saturated carbocycles. The first-order valence-electron chi connectivity index (χ1n) is 7.38. The second-order valence-corrected chi connectivity index (χ2v) is 5.09. The Morgan fingerprint density at radius 1 is 1.24 bits per heavy atom. The van der Waals surface area contributed by atoms with Crippen molar-refractivity contribution in [2.45, 2.75) is 32.7 Å². The number of nitrogens with one attached hydrogen (secondary N) is 1. The van der Waals surface area contributed by atoms with Crippen LogP contribution in [0.1, 0.15) is 36.2 Å². The van der Waals surface area contributed by atoms with Crippen molar-refractivity contribution >= 4 is 0 Å². The third-order valence-electron chi connectivity index (χ3n) is 3.47. The van der Waals surface area contributed by atoms with Gasteiger partial charge in [0.25, 0.3) is 0 Å². The fourth-order valence-electron chi connectivity index (χ4n) is 2.49. The molecule has 0 bridgehead atoms. The van der Waals surface area contributed by atoms with Gasteiger partial charge in [0.05, 0.1) is 13.2 Å². The van der Waals surface area contributed by atoms with Crippen LogP contribution in [0.5, 0.6) is 5.88 Å². The fraction of sp³-hybridized carbons (Fsp3) is 0.412. The van der Waals surface area contributed by atoms with Gasteiger partial charge < -0.3 is 10.1 Å². The number of aromatic nitrogens is 2. The van der Waals surface area contributed by atoms with Crippen molar-refractivity contribution in [2.24, 2.45) is 0 Å². The van der Waals surface area contributed by atoms with Gasteiger partial charge in [0.1, 0.15) is 5.69 Å². The summed E-state index contributed by atoms with van der Waals surface area (Å²) >= 11 is 0. The SMILES string of the molecule is CCNC(CCc1cccc(C)c1)c1nccnc1OC. The summed E-state index contributed by atoms with van der Waals surface area (Å²) in [7, 11) is 1.64. The molecule has 0 aliphatic rings. The highest BCUT2D eigenvalue weighted by molar-refractivity contribution is 5.24. The van der Waals surface area contributed by atoms with Crippen molar-refractivity contribution in [3.63, 3.8) is 0 Å². The van der Waals surface area contributed by atoms with Crippen LogP contribution >= 0.6 is 0 Å². The highest BCUT2D eigenvalue weighted by Crippen LogP contribution is 2.24. The molecule has 1 atom stereocenters. The first kappa shape index (κ1) is 15.4. The maximum atomic E-state index is 5.33. The van der Waals surface area contributed by atoms with Gasteiger partial charge in [-0.05, 0) is 31.9 Å². The maximum absolute atomic E-state index is 5.33. The lowest BCUT2D eigenvalue weighted by Gasteiger charge is -2.19. The first-order chi connectivity index (χ1) is 10.2. The standard InChI is InChI=1S/C17H23N3O/c1-4-18-15(16-17(21-3)20-11-10-19-16)9-8-14-7-5-6-13(2)12-14/h5-7,10-12,15,18H,4,8-9H2,1-3H3. The minimum Gasteiger partial charge on any atom is -0.480 e. The topological polar surface area (TPSA) is 47.0 Å². The molecule has 0 aliphatic heterocycles. The Bertz CT molecular complexity index is 571. The summed E-state index contributed by atoms with van der Waals surface area (Å²) in [6, 6.07) is 8.78. The zero-order chi connectivity index (χ0) is 15.1. The lowest BCUT2D eigenvalue weighted by atomic mass is 10.0. The van der Waals surface area contributed by atoms with Gasteiger partial charge in [0.15, 0.2) is 0 Å². The van der Waals surface area contributed by atoms with Crippen LogP contribution in [0.4, 0.5) is 0 Å². The van der Waals surface area contributed by atoms with Crippen molar-refractivity contribution < 1.29 is 4.74 Å². The Kier molecular flexibility index (Phi) is 5.69. The molecule has 1 aromatic heterocycles. The summed E-state index contributed by atoms with van der Waals surface area (Å²) in [5.74, 6) is 0.604. The average Bonchev–Trinajstić information content (AvgIpc) is 2.51. The molecule has 4 heteroatoms. The molecule has 1 aromatic carbocycles. The van der Waals surface area contributed by atoms with Crippen molar-refractivity contribution in [3.05, 3.63) is 53.5 Å². The average molecular weight is 285 g/mol. The number of hydrogen-bond acceptors (Lipinski definition) is 4. The van der Waals surface area contributed by atoms with E-state index in [1.165, 1.54) is 11.1 Å². The predicted molar refractivity (Wildman–Crippen MR) is 84.5 cm³/mol. The van der Waals surface area contributed by atoms with E-state index in [1.807, 2.05) is 0 Å². The Hall–Kier alpha value is -1.94. The molecule has 0 amide bonds. The van der Waals surface area contributed by atoms with Gasteiger partial charge in [0, 0.05) is 12.4 Å². The van der Waals surface area contributed by atoms with E-state index in [4.69, 9.17) is 4.74 Å². The molecule has 0 aliphatic carbocycles. The summed E-state index contributed by atoms with van der Waals surface area (Å²) in [5, 5.41) is 3.48. The predicted octanol–water partition coefficient (Wildman–Crippen LogP) is 3.08. The van der Waals surface area contributed by atoms with Gasteiger partial charge in [-0.1, -0.05) is 36.8 Å². The molecule has 1 unspecified atom stereocenters. The largest absolute Gasteiger partial charge is 0.480 e. The first-order valence-corrected chi connectivity index (χ1v) is 7.38. The number of hydrogen-bond donors (Lipinski definition) is 1. The van der Waals surface area contributed by atoms with Crippen LogP contribution in [0, 0.1) is 6.92 Å². The van der Waals surface area contributed by atoms with E-state index in [1.54, 1.807) is 19.5 Å². The van der Waals surface area contributed by atoms with Gasteiger partial charge in [-0.15, -0.1) is 0 Å². The van der Waals surface area contributed by atoms with Crippen molar-refractivity contribution in [3.8, 4) is 5.88 Å². The van der Waals surface area contributed by atoms with Crippen LogP contribution in [-0.2, 0) is 6.42 Å². The van der Waals surface area contributed by atoms with Crippen LogP contribution < -0.4 is 10.1 Å². The molecule has 0 spiro atoms. The maximum Gasteiger partial charge on any atom is 0.236 e. The zero-order valence-electron chi connectivity index (χ0n) is 13.0. The monoisotopic (exact) mass is 285 g/mol. The molecule has 1 N–H and O–H groups in total. The Morgan fingerprint density at radius 2 is 2.05 bits per heavy atom. The van der Waals surface area contributed by atoms with E-state index in [2.05, 4.69) is 53.4 Å². The molecule has 4 nitrogen and oxygen atoms in total. The van der Waals surface area contributed by atoms with E-state index in [9.17, 15) is 0 Å². The smallest absolute Gasteiger partial charge is 0.236 e. The Labute approximate surface area is 126 Å². The summed E-state index contributed by atoms with van der Waals surface area (Å²) in [6.45, 7) is 5.11. The second-order valence-electron chi connectivity index (χ2n) is 5.09. The number of ether oxygens (including phenoxy) is 1. The van der Waals surface area contributed by atoms with E-state index in [-0.39, 0.29) is 6.04 Å². The minimum atomic E-state index is 0.152. The molecule has 0 saturated heterocycles. The third-order valence-corrected chi connectivity index (χ3v) is 3.47. The van der Waals surface area contributed by atoms with Crippen molar-refractivity contribution in [1.29, 1.82) is 0 Å². The molecule has 1 heterocycles. The summed E-state index contributed by atoms with van der Waals surface area (Å²) in [4.78, 5) is 8.69. The third kappa shape index (κ3) is 4.26. The van der Waals surface area contributed by atoms with E-state index < -0.39 is 0 Å². The Balaban J connectivity index is 2.12. The number of nitrogens with zero attached hydrogens (tertiary/aromatic N) is 2. The van der Waals surface area contributed by atoms with E-state index >= 15 is 0 Å². The molecule has 112 valence electrons. The summed E-state index contributed by atoms with van der Waals surface area (Å²) < 4.78 is 5.33.